The van der Waals surface area contributed by atoms with Crippen molar-refractivity contribution in [3.05, 3.63) is 71.0 Å². The summed E-state index contributed by atoms with van der Waals surface area (Å²) in [6.45, 7) is 12.0. The van der Waals surface area contributed by atoms with E-state index >= 15 is 0 Å². The average molecular weight is 402 g/mol. The van der Waals surface area contributed by atoms with Crippen molar-refractivity contribution in [1.29, 1.82) is 10.5 Å². The zero-order valence-electron chi connectivity index (χ0n) is 18.6. The Morgan fingerprint density at radius 1 is 1.20 bits per heavy atom. The van der Waals surface area contributed by atoms with Gasteiger partial charge in [0.15, 0.2) is 5.96 Å². The van der Waals surface area contributed by atoms with Crippen molar-refractivity contribution in [1.82, 2.24) is 4.90 Å². The van der Waals surface area contributed by atoms with Crippen LogP contribution in [-0.4, -0.2) is 23.9 Å². The van der Waals surface area contributed by atoms with E-state index in [-0.39, 0.29) is 17.4 Å². The number of likely N-dealkylation sites (N-methyl/N-ethyl adjacent to an activating group) is 1. The molecule has 0 saturated heterocycles. The first-order valence-electron chi connectivity index (χ1n) is 10.4. The van der Waals surface area contributed by atoms with Crippen molar-refractivity contribution in [3.63, 3.8) is 0 Å². The van der Waals surface area contributed by atoms with E-state index in [2.05, 4.69) is 43.0 Å². The lowest BCUT2D eigenvalue weighted by atomic mass is 9.82. The zero-order valence-corrected chi connectivity index (χ0v) is 18.6. The second-order valence-electron chi connectivity index (χ2n) is 7.65. The Morgan fingerprint density at radius 2 is 1.80 bits per heavy atom. The zero-order chi connectivity index (χ0) is 22.5. The first-order valence-corrected chi connectivity index (χ1v) is 10.4. The number of nitrogens with two attached hydrogens (primary N) is 1. The fraction of sp³-hybridized carbons (Fsp3) is 0.400. The summed E-state index contributed by atoms with van der Waals surface area (Å²) in [5.41, 5.74) is 10.5. The Balaban J connectivity index is 0.00000155. The molecular weight excluding hydrogens is 370 g/mol. The van der Waals surface area contributed by atoms with Gasteiger partial charge < -0.3 is 10.6 Å². The molecule has 1 fully saturated rings. The molecule has 1 saturated carbocycles. The molecule has 1 aliphatic heterocycles. The SMILES string of the molecule is C=C1[C@H](c2ccc(C3(C#N)CC3)cc2)C(/C(C)=C/C=C(\C)C#N)N=C(N)N1C.CC. The first kappa shape index (κ1) is 23.0. The van der Waals surface area contributed by atoms with Crippen molar-refractivity contribution < 1.29 is 0 Å². The second kappa shape index (κ2) is 9.46. The summed E-state index contributed by atoms with van der Waals surface area (Å²) in [5.74, 6) is 0.369. The highest BCUT2D eigenvalue weighted by Crippen LogP contribution is 2.48. The van der Waals surface area contributed by atoms with E-state index < -0.39 is 0 Å². The summed E-state index contributed by atoms with van der Waals surface area (Å²) >= 11 is 0. The second-order valence-corrected chi connectivity index (χ2v) is 7.65. The molecule has 5 nitrogen and oxygen atoms in total. The predicted octanol–water partition coefficient (Wildman–Crippen LogP) is 4.91. The average Bonchev–Trinajstić information content (AvgIpc) is 3.58. The molecule has 0 radical (unpaired) electrons. The van der Waals surface area contributed by atoms with Crippen molar-refractivity contribution in [2.75, 3.05) is 7.05 Å². The molecule has 1 heterocycles. The van der Waals surface area contributed by atoms with Gasteiger partial charge in [-0.2, -0.15) is 10.5 Å². The van der Waals surface area contributed by atoms with Crippen LogP contribution in [-0.2, 0) is 5.41 Å². The van der Waals surface area contributed by atoms with Crippen molar-refractivity contribution in [2.24, 2.45) is 10.7 Å². The van der Waals surface area contributed by atoms with E-state index in [0.717, 1.165) is 35.2 Å². The maximum atomic E-state index is 9.43. The molecule has 1 aromatic carbocycles. The van der Waals surface area contributed by atoms with Crippen molar-refractivity contribution in [3.8, 4) is 12.1 Å². The van der Waals surface area contributed by atoms with Crippen LogP contribution in [0.15, 0.2) is 64.8 Å². The minimum Gasteiger partial charge on any atom is -0.370 e. The number of benzene rings is 1. The molecule has 0 aromatic heterocycles. The van der Waals surface area contributed by atoms with Crippen LogP contribution in [0.5, 0.6) is 0 Å². The third-order valence-corrected chi connectivity index (χ3v) is 5.75. The maximum absolute atomic E-state index is 9.43. The van der Waals surface area contributed by atoms with Crippen LogP contribution < -0.4 is 5.73 Å². The van der Waals surface area contributed by atoms with Crippen LogP contribution in [0.3, 0.4) is 0 Å². The van der Waals surface area contributed by atoms with Crippen molar-refractivity contribution >= 4 is 5.96 Å². The van der Waals surface area contributed by atoms with Crippen LogP contribution >= 0.6 is 0 Å². The van der Waals surface area contributed by atoms with Gasteiger partial charge in [-0.1, -0.05) is 50.8 Å². The quantitative estimate of drug-likeness (QED) is 0.573. The van der Waals surface area contributed by atoms with Gasteiger partial charge in [0, 0.05) is 18.3 Å². The summed E-state index contributed by atoms with van der Waals surface area (Å²) in [6, 6.07) is 12.6. The van der Waals surface area contributed by atoms with E-state index in [9.17, 15) is 5.26 Å². The fourth-order valence-electron chi connectivity index (χ4n) is 3.57. The molecule has 3 rings (SSSR count). The number of nitrogens with zero attached hydrogens (tertiary/aromatic N) is 4. The Labute approximate surface area is 180 Å². The molecule has 5 heteroatoms. The normalized spacial score (nSPS) is 22.8. The third kappa shape index (κ3) is 4.47. The van der Waals surface area contributed by atoms with E-state index in [1.54, 1.807) is 13.0 Å². The van der Waals surface area contributed by atoms with E-state index in [1.807, 2.05) is 38.8 Å². The summed E-state index contributed by atoms with van der Waals surface area (Å²) in [4.78, 5) is 6.52. The highest BCUT2D eigenvalue weighted by atomic mass is 15.3. The molecule has 2 atom stereocenters. The molecule has 156 valence electrons. The molecule has 0 spiro atoms. The lowest BCUT2D eigenvalue weighted by Crippen LogP contribution is -2.43. The van der Waals surface area contributed by atoms with Gasteiger partial charge in [-0.05, 0) is 49.5 Å². The Kier molecular flexibility index (Phi) is 7.24. The topological polar surface area (TPSA) is 89.2 Å². The van der Waals surface area contributed by atoms with Gasteiger partial charge in [0.1, 0.15) is 0 Å². The number of nitriles is 2. The number of guanidine groups is 1. The van der Waals surface area contributed by atoms with Crippen LogP contribution in [0.1, 0.15) is 57.6 Å². The standard InChI is InChI=1S/C23H25N5.C2H6/c1-15(13-24)5-6-16(2)21-20(17(3)28(4)22(26)27-21)18-7-9-19(10-8-18)23(14-25)11-12-23;1-2/h5-10,20-21H,3,11-12H2,1-2,4H3,(H2,26,27);1-2H3/b15-5+,16-6+;/t20-,21?;/m1./s1. The molecule has 30 heavy (non-hydrogen) atoms. The largest absolute Gasteiger partial charge is 0.370 e. The smallest absolute Gasteiger partial charge is 0.195 e. The Bertz CT molecular complexity index is 962. The van der Waals surface area contributed by atoms with Gasteiger partial charge in [0.05, 0.1) is 29.5 Å². The minimum absolute atomic E-state index is 0.0596. The summed E-state index contributed by atoms with van der Waals surface area (Å²) in [7, 11) is 1.87. The molecule has 1 unspecified atom stereocenters. The minimum atomic E-state index is -0.295. The lowest BCUT2D eigenvalue weighted by molar-refractivity contribution is 0.474. The summed E-state index contributed by atoms with van der Waals surface area (Å²) in [6.07, 6.45) is 5.58. The third-order valence-electron chi connectivity index (χ3n) is 5.75. The first-order chi connectivity index (χ1) is 14.3. The summed E-state index contributed by atoms with van der Waals surface area (Å²) < 4.78 is 0. The number of aliphatic imine (C=N–C) groups is 1. The van der Waals surface area contributed by atoms with Gasteiger partial charge >= 0.3 is 0 Å². The molecule has 0 amide bonds. The van der Waals surface area contributed by atoms with Crippen LogP contribution in [0.4, 0.5) is 0 Å². The van der Waals surface area contributed by atoms with Gasteiger partial charge in [0.25, 0.3) is 0 Å². The molecule has 2 N–H and O–H groups in total. The van der Waals surface area contributed by atoms with Gasteiger partial charge in [-0.3, -0.25) is 0 Å². The van der Waals surface area contributed by atoms with Gasteiger partial charge in [-0.25, -0.2) is 4.99 Å². The molecule has 1 aliphatic carbocycles. The number of rotatable bonds is 4. The maximum Gasteiger partial charge on any atom is 0.195 e. The molecule has 1 aromatic rings. The highest BCUT2D eigenvalue weighted by Gasteiger charge is 2.45. The fourth-order valence-corrected chi connectivity index (χ4v) is 3.57. The Morgan fingerprint density at radius 3 is 2.30 bits per heavy atom. The number of hydrogen-bond donors (Lipinski definition) is 1. The van der Waals surface area contributed by atoms with Crippen LogP contribution in [0.2, 0.25) is 0 Å². The van der Waals surface area contributed by atoms with Crippen LogP contribution in [0.25, 0.3) is 0 Å². The Hall–Kier alpha value is -3.31. The molecular formula is C25H31N5. The van der Waals surface area contributed by atoms with E-state index in [4.69, 9.17) is 16.0 Å². The predicted molar refractivity (Wildman–Crippen MR) is 122 cm³/mol. The van der Waals surface area contributed by atoms with E-state index in [0.29, 0.717) is 11.5 Å². The van der Waals surface area contributed by atoms with Crippen molar-refractivity contribution in [2.45, 2.75) is 57.9 Å². The van der Waals surface area contributed by atoms with Gasteiger partial charge in [-0.15, -0.1) is 0 Å². The highest BCUT2D eigenvalue weighted by molar-refractivity contribution is 5.81. The number of hydrogen-bond acceptors (Lipinski definition) is 5. The number of allylic oxidation sites excluding steroid dienone is 3. The molecule has 0 bridgehead atoms. The van der Waals surface area contributed by atoms with Gasteiger partial charge in [0.2, 0.25) is 0 Å². The van der Waals surface area contributed by atoms with E-state index in [1.165, 1.54) is 0 Å². The van der Waals surface area contributed by atoms with Crippen LogP contribution in [0, 0.1) is 22.7 Å². The monoisotopic (exact) mass is 401 g/mol. The summed E-state index contributed by atoms with van der Waals surface area (Å²) in [5, 5.41) is 18.4. The molecule has 2 aliphatic rings. The lowest BCUT2D eigenvalue weighted by Gasteiger charge is -2.37.